The Bertz CT molecular complexity index is 1110. The van der Waals surface area contributed by atoms with Crippen LogP contribution in [-0.2, 0) is 18.6 Å². The van der Waals surface area contributed by atoms with E-state index in [9.17, 15) is 15.3 Å². The van der Waals surface area contributed by atoms with Crippen LogP contribution < -0.4 is 9.47 Å². The summed E-state index contributed by atoms with van der Waals surface area (Å²) < 4.78 is 13.4. The summed E-state index contributed by atoms with van der Waals surface area (Å²) >= 11 is 14.0. The Morgan fingerprint density at radius 1 is 1.03 bits per heavy atom. The van der Waals surface area contributed by atoms with Crippen molar-refractivity contribution >= 4 is 45.8 Å². The lowest BCUT2D eigenvalue weighted by Crippen LogP contribution is -2.25. The van der Waals surface area contributed by atoms with E-state index < -0.39 is 12.2 Å². The van der Waals surface area contributed by atoms with Crippen molar-refractivity contribution in [2.75, 3.05) is 19.1 Å². The molecular weight excluding hydrogens is 608 g/mol. The molecule has 2 aromatic carbocycles. The molecule has 0 fully saturated rings. The van der Waals surface area contributed by atoms with E-state index >= 15 is 0 Å². The number of nitrogens with zero attached hydrogens (tertiary/aromatic N) is 3. The van der Waals surface area contributed by atoms with Crippen LogP contribution in [0.15, 0.2) is 42.5 Å². The molecule has 3 rings (SSSR count). The van der Waals surface area contributed by atoms with Gasteiger partial charge in [0.05, 0.1) is 29.7 Å². The summed E-state index contributed by atoms with van der Waals surface area (Å²) in [6.45, 7) is 4.29. The molecule has 0 amide bonds. The Morgan fingerprint density at radius 2 is 1.69 bits per heavy atom. The second-order valence-corrected chi connectivity index (χ2v) is 10.3. The first kappa shape index (κ1) is 27.9. The van der Waals surface area contributed by atoms with Gasteiger partial charge < -0.3 is 24.8 Å². The van der Waals surface area contributed by atoms with Crippen LogP contribution in [0, 0.1) is 3.70 Å². The highest BCUT2D eigenvalue weighted by Gasteiger charge is 2.24. The molecule has 35 heavy (non-hydrogen) atoms. The van der Waals surface area contributed by atoms with Gasteiger partial charge in [-0.2, -0.15) is 0 Å². The Morgan fingerprint density at radius 3 is 2.31 bits per heavy atom. The zero-order valence-corrected chi connectivity index (χ0v) is 23.0. The van der Waals surface area contributed by atoms with Crippen LogP contribution >= 0.6 is 45.8 Å². The zero-order valence-electron chi connectivity index (χ0n) is 19.4. The molecule has 3 N–H and O–H groups in total. The topological polar surface area (TPSA) is 110 Å². The molecule has 0 unspecified atom stereocenters. The number of ether oxygens (including phenoxy) is 2. The van der Waals surface area contributed by atoms with E-state index in [2.05, 4.69) is 24.2 Å². The maximum atomic E-state index is 10.3. The van der Waals surface area contributed by atoms with Gasteiger partial charge in [0.1, 0.15) is 40.6 Å². The van der Waals surface area contributed by atoms with Gasteiger partial charge in [-0.05, 0) is 58.0 Å². The smallest absolute Gasteiger partial charge is 0.149 e. The monoisotopic (exact) mass is 635 g/mol. The summed E-state index contributed by atoms with van der Waals surface area (Å²) in [7, 11) is 0. The first-order valence-electron chi connectivity index (χ1n) is 10.9. The largest absolute Gasteiger partial charge is 0.491 e. The van der Waals surface area contributed by atoms with Crippen LogP contribution in [0.3, 0.4) is 0 Å². The zero-order chi connectivity index (χ0) is 25.6. The van der Waals surface area contributed by atoms with Crippen LogP contribution in [0.2, 0.25) is 5.02 Å². The third kappa shape index (κ3) is 7.21. The molecule has 2 atom stereocenters. The lowest BCUT2D eigenvalue weighted by molar-refractivity contribution is 0.0866. The van der Waals surface area contributed by atoms with Crippen molar-refractivity contribution in [1.29, 1.82) is 0 Å². The van der Waals surface area contributed by atoms with E-state index in [0.29, 0.717) is 25.9 Å². The minimum atomic E-state index is -0.817. The number of hydrogen-bond donors (Lipinski definition) is 3. The fraction of sp³-hybridized carbons (Fsp3) is 0.417. The number of aromatic nitrogens is 3. The van der Waals surface area contributed by atoms with Crippen LogP contribution in [0.5, 0.6) is 11.5 Å². The second kappa shape index (κ2) is 12.6. The molecule has 1 aromatic heterocycles. The van der Waals surface area contributed by atoms with E-state index in [0.717, 1.165) is 11.1 Å². The van der Waals surface area contributed by atoms with E-state index in [4.69, 9.17) is 32.7 Å². The van der Waals surface area contributed by atoms with Gasteiger partial charge in [0.2, 0.25) is 0 Å². The molecule has 0 spiro atoms. The summed E-state index contributed by atoms with van der Waals surface area (Å²) in [5.41, 5.74) is 2.26. The molecule has 0 saturated carbocycles. The number of benzene rings is 2. The van der Waals surface area contributed by atoms with Crippen LogP contribution in [0.4, 0.5) is 0 Å². The molecular formula is C24H28Cl2IN3O5. The normalized spacial score (nSPS) is 13.5. The number of rotatable bonds is 12. The van der Waals surface area contributed by atoms with Crippen molar-refractivity contribution in [2.24, 2.45) is 0 Å². The van der Waals surface area contributed by atoms with Gasteiger partial charge in [0, 0.05) is 5.41 Å². The highest BCUT2D eigenvalue weighted by molar-refractivity contribution is 14.1. The van der Waals surface area contributed by atoms with Crippen molar-refractivity contribution in [2.45, 2.75) is 44.6 Å². The highest BCUT2D eigenvalue weighted by Crippen LogP contribution is 2.36. The molecule has 190 valence electrons. The molecule has 1 heterocycles. The van der Waals surface area contributed by atoms with Gasteiger partial charge in [0.25, 0.3) is 0 Å². The molecule has 11 heteroatoms. The molecule has 8 nitrogen and oxygen atoms in total. The third-order valence-electron chi connectivity index (χ3n) is 5.60. The summed E-state index contributed by atoms with van der Waals surface area (Å²) in [6, 6.07) is 13.2. The first-order valence-corrected chi connectivity index (χ1v) is 12.9. The summed E-state index contributed by atoms with van der Waals surface area (Å²) in [5.74, 6) is 1.20. The van der Waals surface area contributed by atoms with Crippen molar-refractivity contribution in [3.05, 3.63) is 68.0 Å². The molecule has 0 aliphatic carbocycles. The van der Waals surface area contributed by atoms with Gasteiger partial charge in [0.15, 0.2) is 0 Å². The Labute approximate surface area is 227 Å². The van der Waals surface area contributed by atoms with E-state index in [1.807, 2.05) is 59.0 Å². The summed E-state index contributed by atoms with van der Waals surface area (Å²) in [4.78, 5) is 0. The molecule has 0 bridgehead atoms. The third-order valence-corrected chi connectivity index (χ3v) is 7.09. The average molecular weight is 636 g/mol. The number of halogens is 3. The van der Waals surface area contributed by atoms with Crippen LogP contribution in [0.25, 0.3) is 0 Å². The van der Waals surface area contributed by atoms with Gasteiger partial charge >= 0.3 is 0 Å². The van der Waals surface area contributed by atoms with Crippen molar-refractivity contribution in [3.63, 3.8) is 0 Å². The lowest BCUT2D eigenvalue weighted by atomic mass is 9.78. The van der Waals surface area contributed by atoms with Gasteiger partial charge in [-0.1, -0.05) is 48.9 Å². The van der Waals surface area contributed by atoms with Crippen LogP contribution in [0.1, 0.15) is 30.7 Å². The standard InChI is InChI=1S/C24H28Cl2IN3O5/c1-24(2,16-5-8-22(20(26)9-16)35-13-17(32)10-25)15-3-6-19(7-4-15)34-14-18(33)11-30-21(12-31)23(27)28-29-30/h3-9,17-18,31-33H,10-14H2,1-2H3/t17-,18-/m0/s1. The van der Waals surface area contributed by atoms with E-state index in [-0.39, 0.29) is 37.7 Å². The maximum absolute atomic E-state index is 10.3. The quantitative estimate of drug-likeness (QED) is 0.205. The number of hydrogen-bond acceptors (Lipinski definition) is 7. The molecule has 0 saturated heterocycles. The second-order valence-electron chi connectivity index (χ2n) is 8.55. The van der Waals surface area contributed by atoms with Crippen molar-refractivity contribution < 1.29 is 24.8 Å². The minimum absolute atomic E-state index is 0.0690. The van der Waals surface area contributed by atoms with Crippen LogP contribution in [-0.4, -0.2) is 61.6 Å². The number of aliphatic hydroxyl groups excluding tert-OH is 3. The number of alkyl halides is 1. The maximum Gasteiger partial charge on any atom is 0.149 e. The molecule has 0 aliphatic rings. The van der Waals surface area contributed by atoms with Crippen molar-refractivity contribution in [1.82, 2.24) is 15.0 Å². The average Bonchev–Trinajstić information content (AvgIpc) is 3.20. The minimum Gasteiger partial charge on any atom is -0.491 e. The number of aliphatic hydroxyl groups is 3. The molecule has 0 radical (unpaired) electrons. The summed E-state index contributed by atoms with van der Waals surface area (Å²) in [5, 5.41) is 37.6. The fourth-order valence-corrected chi connectivity index (χ4v) is 4.29. The summed E-state index contributed by atoms with van der Waals surface area (Å²) in [6.07, 6.45) is -1.57. The van der Waals surface area contributed by atoms with E-state index in [1.54, 1.807) is 6.07 Å². The Kier molecular flexibility index (Phi) is 10.0. The predicted molar refractivity (Wildman–Crippen MR) is 142 cm³/mol. The van der Waals surface area contributed by atoms with E-state index in [1.165, 1.54) is 4.68 Å². The SMILES string of the molecule is CC(C)(c1ccc(OC[C@@H](O)Cn2nnc(I)c2CO)cc1)c1ccc(OC[C@@H](O)CCl)c(Cl)c1. The Hall–Kier alpha value is -1.63. The van der Waals surface area contributed by atoms with Gasteiger partial charge in [-0.25, -0.2) is 4.68 Å². The molecule has 0 aliphatic heterocycles. The lowest BCUT2D eigenvalue weighted by Gasteiger charge is -2.27. The van der Waals surface area contributed by atoms with Gasteiger partial charge in [-0.15, -0.1) is 16.7 Å². The van der Waals surface area contributed by atoms with Gasteiger partial charge in [-0.3, -0.25) is 0 Å². The van der Waals surface area contributed by atoms with Crippen molar-refractivity contribution in [3.8, 4) is 11.5 Å². The predicted octanol–water partition coefficient (Wildman–Crippen LogP) is 3.77. The Balaban J connectivity index is 1.61. The molecule has 3 aromatic rings. The first-order chi connectivity index (χ1) is 16.6. The fourth-order valence-electron chi connectivity index (χ4n) is 3.42. The highest BCUT2D eigenvalue weighted by atomic mass is 127.